The highest BCUT2D eigenvalue weighted by molar-refractivity contribution is 5.77. The van der Waals surface area contributed by atoms with E-state index in [-0.39, 0.29) is 17.4 Å². The monoisotopic (exact) mass is 256 g/mol. The topological polar surface area (TPSA) is 81.4 Å². The van der Waals surface area contributed by atoms with Gasteiger partial charge in [-0.25, -0.2) is 0 Å². The second kappa shape index (κ2) is 7.36. The van der Waals surface area contributed by atoms with Crippen molar-refractivity contribution < 1.29 is 14.3 Å². The zero-order valence-corrected chi connectivity index (χ0v) is 11.2. The molecular formula is C13H24N2O3. The van der Waals surface area contributed by atoms with Crippen LogP contribution < -0.4 is 11.1 Å². The molecule has 0 heterocycles. The maximum absolute atomic E-state index is 11.7. The first-order chi connectivity index (χ1) is 8.56. The molecule has 1 fully saturated rings. The standard InChI is InChI=1S/C13H24N2O3/c1-2-18-12(17)6-5-9-15-11(16)10-13(14)7-3-4-8-13/h2-10,14H2,1H3,(H,15,16). The van der Waals surface area contributed by atoms with E-state index in [1.165, 1.54) is 0 Å². The highest BCUT2D eigenvalue weighted by Crippen LogP contribution is 2.29. The number of hydrogen-bond donors (Lipinski definition) is 2. The first-order valence-corrected chi connectivity index (χ1v) is 6.77. The number of carbonyl (C=O) groups is 2. The third-order valence-electron chi connectivity index (χ3n) is 3.30. The molecule has 0 aromatic rings. The average molecular weight is 256 g/mol. The molecule has 0 saturated heterocycles. The largest absolute Gasteiger partial charge is 0.466 e. The average Bonchev–Trinajstić information content (AvgIpc) is 2.71. The van der Waals surface area contributed by atoms with E-state index in [1.807, 2.05) is 0 Å². The summed E-state index contributed by atoms with van der Waals surface area (Å²) >= 11 is 0. The van der Waals surface area contributed by atoms with Crippen molar-refractivity contribution in [3.8, 4) is 0 Å². The number of nitrogens with two attached hydrogens (primary N) is 1. The fraction of sp³-hybridized carbons (Fsp3) is 0.846. The van der Waals surface area contributed by atoms with Gasteiger partial charge in [0, 0.05) is 24.9 Å². The number of nitrogens with one attached hydrogen (secondary N) is 1. The van der Waals surface area contributed by atoms with E-state index in [4.69, 9.17) is 10.5 Å². The number of rotatable bonds is 7. The van der Waals surface area contributed by atoms with Gasteiger partial charge in [0.05, 0.1) is 6.61 Å². The van der Waals surface area contributed by atoms with E-state index in [9.17, 15) is 9.59 Å². The lowest BCUT2D eigenvalue weighted by Gasteiger charge is -2.22. The van der Waals surface area contributed by atoms with Crippen molar-refractivity contribution in [3.05, 3.63) is 0 Å². The molecule has 1 aliphatic carbocycles. The fourth-order valence-corrected chi connectivity index (χ4v) is 2.33. The SMILES string of the molecule is CCOC(=O)CCCNC(=O)CC1(N)CCCC1. The van der Waals surface area contributed by atoms with E-state index in [0.29, 0.717) is 32.4 Å². The first-order valence-electron chi connectivity index (χ1n) is 6.77. The van der Waals surface area contributed by atoms with Gasteiger partial charge in [-0.3, -0.25) is 9.59 Å². The van der Waals surface area contributed by atoms with Gasteiger partial charge in [-0.15, -0.1) is 0 Å². The summed E-state index contributed by atoms with van der Waals surface area (Å²) in [4.78, 5) is 22.7. The highest BCUT2D eigenvalue weighted by atomic mass is 16.5. The third kappa shape index (κ3) is 5.49. The molecule has 0 radical (unpaired) electrons. The number of carbonyl (C=O) groups excluding carboxylic acids is 2. The van der Waals surface area contributed by atoms with Gasteiger partial charge in [0.2, 0.25) is 5.91 Å². The van der Waals surface area contributed by atoms with Crippen LogP contribution in [0.4, 0.5) is 0 Å². The Bertz CT molecular complexity index is 286. The molecule has 5 nitrogen and oxygen atoms in total. The number of hydrogen-bond acceptors (Lipinski definition) is 4. The van der Waals surface area contributed by atoms with Crippen LogP contribution in [0.5, 0.6) is 0 Å². The summed E-state index contributed by atoms with van der Waals surface area (Å²) in [5.74, 6) is -0.221. The number of esters is 1. The van der Waals surface area contributed by atoms with Gasteiger partial charge in [0.1, 0.15) is 0 Å². The van der Waals surface area contributed by atoms with Crippen molar-refractivity contribution >= 4 is 11.9 Å². The Kier molecular flexibility index (Phi) is 6.12. The Morgan fingerprint density at radius 1 is 1.33 bits per heavy atom. The molecule has 0 aliphatic heterocycles. The number of amides is 1. The van der Waals surface area contributed by atoms with Gasteiger partial charge in [0.15, 0.2) is 0 Å². The highest BCUT2D eigenvalue weighted by Gasteiger charge is 2.31. The van der Waals surface area contributed by atoms with Gasteiger partial charge in [-0.1, -0.05) is 12.8 Å². The zero-order valence-electron chi connectivity index (χ0n) is 11.2. The van der Waals surface area contributed by atoms with Crippen molar-refractivity contribution in [2.75, 3.05) is 13.2 Å². The normalized spacial score (nSPS) is 17.4. The maximum atomic E-state index is 11.7. The van der Waals surface area contributed by atoms with Crippen LogP contribution in [0.25, 0.3) is 0 Å². The Labute approximate surface area is 108 Å². The summed E-state index contributed by atoms with van der Waals surface area (Å²) in [5.41, 5.74) is 5.82. The summed E-state index contributed by atoms with van der Waals surface area (Å²) < 4.78 is 4.80. The fourth-order valence-electron chi connectivity index (χ4n) is 2.33. The van der Waals surface area contributed by atoms with Crippen molar-refractivity contribution in [2.24, 2.45) is 5.73 Å². The van der Waals surface area contributed by atoms with E-state index < -0.39 is 0 Å². The van der Waals surface area contributed by atoms with Crippen LogP contribution in [0.1, 0.15) is 51.9 Å². The Morgan fingerprint density at radius 3 is 2.61 bits per heavy atom. The van der Waals surface area contributed by atoms with Crippen molar-refractivity contribution in [2.45, 2.75) is 57.4 Å². The lowest BCUT2D eigenvalue weighted by molar-refractivity contribution is -0.143. The van der Waals surface area contributed by atoms with Crippen LogP contribution >= 0.6 is 0 Å². The molecule has 1 rings (SSSR count). The maximum Gasteiger partial charge on any atom is 0.305 e. The quantitative estimate of drug-likeness (QED) is 0.528. The van der Waals surface area contributed by atoms with Crippen LogP contribution in [-0.2, 0) is 14.3 Å². The summed E-state index contributed by atoms with van der Waals surface area (Å²) in [6.07, 6.45) is 5.46. The summed E-state index contributed by atoms with van der Waals surface area (Å²) in [6.45, 7) is 2.69. The predicted molar refractivity (Wildman–Crippen MR) is 68.9 cm³/mol. The van der Waals surface area contributed by atoms with E-state index >= 15 is 0 Å². The van der Waals surface area contributed by atoms with Gasteiger partial charge < -0.3 is 15.8 Å². The Hall–Kier alpha value is -1.10. The van der Waals surface area contributed by atoms with Crippen LogP contribution in [0.15, 0.2) is 0 Å². The minimum atomic E-state index is -0.300. The molecule has 5 heteroatoms. The molecular weight excluding hydrogens is 232 g/mol. The van der Waals surface area contributed by atoms with E-state index in [2.05, 4.69) is 5.32 Å². The van der Waals surface area contributed by atoms with Crippen molar-refractivity contribution in [1.29, 1.82) is 0 Å². The third-order valence-corrected chi connectivity index (χ3v) is 3.30. The van der Waals surface area contributed by atoms with Crippen molar-refractivity contribution in [1.82, 2.24) is 5.32 Å². The van der Waals surface area contributed by atoms with Crippen LogP contribution in [0, 0.1) is 0 Å². The minimum absolute atomic E-state index is 0.0109. The molecule has 0 atom stereocenters. The summed E-state index contributed by atoms with van der Waals surface area (Å²) in [5, 5.41) is 2.81. The lowest BCUT2D eigenvalue weighted by atomic mass is 9.94. The Balaban J connectivity index is 2.08. The molecule has 0 bridgehead atoms. The molecule has 18 heavy (non-hydrogen) atoms. The first kappa shape index (κ1) is 15.0. The second-order valence-electron chi connectivity index (χ2n) is 5.00. The van der Waals surface area contributed by atoms with Gasteiger partial charge in [-0.2, -0.15) is 0 Å². The molecule has 104 valence electrons. The van der Waals surface area contributed by atoms with E-state index in [0.717, 1.165) is 25.7 Å². The summed E-state index contributed by atoms with van der Waals surface area (Å²) in [6, 6.07) is 0. The molecule has 0 unspecified atom stereocenters. The Morgan fingerprint density at radius 2 is 2.00 bits per heavy atom. The van der Waals surface area contributed by atoms with Crippen LogP contribution in [-0.4, -0.2) is 30.6 Å². The predicted octanol–water partition coefficient (Wildman–Crippen LogP) is 1.11. The van der Waals surface area contributed by atoms with Crippen LogP contribution in [0.3, 0.4) is 0 Å². The van der Waals surface area contributed by atoms with Gasteiger partial charge in [0.25, 0.3) is 0 Å². The minimum Gasteiger partial charge on any atom is -0.466 e. The van der Waals surface area contributed by atoms with E-state index in [1.54, 1.807) is 6.92 Å². The molecule has 1 saturated carbocycles. The van der Waals surface area contributed by atoms with Crippen LogP contribution in [0.2, 0.25) is 0 Å². The summed E-state index contributed by atoms with van der Waals surface area (Å²) in [7, 11) is 0. The number of ether oxygens (including phenoxy) is 1. The van der Waals surface area contributed by atoms with Crippen molar-refractivity contribution in [3.63, 3.8) is 0 Å². The molecule has 0 aromatic heterocycles. The molecule has 1 amide bonds. The molecule has 3 N–H and O–H groups in total. The van der Waals surface area contributed by atoms with Gasteiger partial charge >= 0.3 is 5.97 Å². The molecule has 0 aromatic carbocycles. The molecule has 1 aliphatic rings. The lowest BCUT2D eigenvalue weighted by Crippen LogP contribution is -2.42. The smallest absolute Gasteiger partial charge is 0.305 e. The molecule has 0 spiro atoms. The second-order valence-corrected chi connectivity index (χ2v) is 5.00. The zero-order chi connectivity index (χ0) is 13.4. The van der Waals surface area contributed by atoms with Gasteiger partial charge in [-0.05, 0) is 26.2 Å².